The predicted octanol–water partition coefficient (Wildman–Crippen LogP) is 1.87. The van der Waals surface area contributed by atoms with Crippen LogP contribution in [-0.4, -0.2) is 65.7 Å². The lowest BCUT2D eigenvalue weighted by molar-refractivity contribution is 0.109. The fourth-order valence-electron chi connectivity index (χ4n) is 4.53. The number of aliphatic hydroxyl groups is 1. The molecule has 2 heterocycles. The summed E-state index contributed by atoms with van der Waals surface area (Å²) >= 11 is 4.93. The Bertz CT molecular complexity index is 821. The molecule has 1 aliphatic carbocycles. The van der Waals surface area contributed by atoms with Gasteiger partial charge in [-0.3, -0.25) is 9.88 Å². The van der Waals surface area contributed by atoms with Crippen LogP contribution in [0.3, 0.4) is 0 Å². The van der Waals surface area contributed by atoms with E-state index in [9.17, 15) is 10.2 Å². The molecule has 0 spiro atoms. The number of aromatic nitrogens is 1. The van der Waals surface area contributed by atoms with Crippen LogP contribution in [0, 0.1) is 0 Å². The number of β-amino-alcohol motifs (C(OH)–C–C–N with tert-alkyl or cyclic N) is 1. The van der Waals surface area contributed by atoms with E-state index in [4.69, 9.17) is 33.1 Å². The summed E-state index contributed by atoms with van der Waals surface area (Å²) in [5.41, 5.74) is -0.365. The Kier molecular flexibility index (Phi) is 4.92. The molecule has 1 saturated heterocycles. The summed E-state index contributed by atoms with van der Waals surface area (Å²) in [5, 5.41) is 19.2. The Balaban J connectivity index is 1.43. The molecule has 142 valence electrons. The SMILES string of the molecule is [B][C@@]1(Oc2ccccc2)C[C@@]2([B])CN(CC(O)c3ccc(O)cn3)C[C@@]2(S)C1. The molecule has 4 radical (unpaired) electrons. The first kappa shape index (κ1) is 19.7. The van der Waals surface area contributed by atoms with Crippen LogP contribution in [0.5, 0.6) is 11.5 Å². The van der Waals surface area contributed by atoms with Crippen molar-refractivity contribution in [3.05, 3.63) is 54.4 Å². The molecular weight excluding hydrogens is 370 g/mol. The van der Waals surface area contributed by atoms with E-state index in [0.717, 1.165) is 5.75 Å². The predicted molar refractivity (Wildman–Crippen MR) is 112 cm³/mol. The van der Waals surface area contributed by atoms with Gasteiger partial charge in [-0.05, 0) is 49.0 Å². The fourth-order valence-corrected chi connectivity index (χ4v) is 5.15. The van der Waals surface area contributed by atoms with Crippen molar-refractivity contribution < 1.29 is 14.9 Å². The van der Waals surface area contributed by atoms with E-state index in [1.807, 2.05) is 30.3 Å². The van der Waals surface area contributed by atoms with E-state index in [2.05, 4.69) is 9.88 Å². The summed E-state index contributed by atoms with van der Waals surface area (Å²) in [5.74, 6) is 0.788. The topological polar surface area (TPSA) is 65.8 Å². The van der Waals surface area contributed by atoms with Gasteiger partial charge in [0.25, 0.3) is 0 Å². The van der Waals surface area contributed by atoms with Crippen molar-refractivity contribution in [2.45, 2.75) is 34.5 Å². The molecule has 8 heteroatoms. The zero-order chi connectivity index (χ0) is 20.0. The van der Waals surface area contributed by atoms with Crippen molar-refractivity contribution in [2.75, 3.05) is 19.6 Å². The lowest BCUT2D eigenvalue weighted by Crippen LogP contribution is -2.39. The number of likely N-dealkylation sites (tertiary alicyclic amines) is 1. The van der Waals surface area contributed by atoms with Gasteiger partial charge in [0.2, 0.25) is 0 Å². The highest BCUT2D eigenvalue weighted by Crippen LogP contribution is 2.62. The molecule has 5 nitrogen and oxygen atoms in total. The third kappa shape index (κ3) is 3.65. The number of ether oxygens (including phenoxy) is 1. The first-order valence-corrected chi connectivity index (χ1v) is 9.75. The Morgan fingerprint density at radius 3 is 2.54 bits per heavy atom. The van der Waals surface area contributed by atoms with Gasteiger partial charge in [0.1, 0.15) is 25.4 Å². The number of benzene rings is 1. The third-order valence-corrected chi connectivity index (χ3v) is 6.48. The molecule has 0 bridgehead atoms. The molecule has 1 aliphatic heterocycles. The lowest BCUT2D eigenvalue weighted by atomic mass is 9.62. The van der Waals surface area contributed by atoms with Gasteiger partial charge in [-0.15, -0.1) is 0 Å². The van der Waals surface area contributed by atoms with Crippen LogP contribution in [0.15, 0.2) is 48.7 Å². The van der Waals surface area contributed by atoms with Crippen LogP contribution in [0.4, 0.5) is 0 Å². The zero-order valence-electron chi connectivity index (χ0n) is 15.5. The maximum absolute atomic E-state index is 10.5. The first-order chi connectivity index (χ1) is 13.2. The van der Waals surface area contributed by atoms with E-state index in [0.29, 0.717) is 38.2 Å². The number of rotatable bonds is 5. The Labute approximate surface area is 173 Å². The molecule has 2 aliphatic rings. The smallest absolute Gasteiger partial charge is 0.133 e. The van der Waals surface area contributed by atoms with E-state index in [-0.39, 0.29) is 5.75 Å². The number of nitrogens with zero attached hydrogens (tertiary/aromatic N) is 2. The number of thiol groups is 1. The van der Waals surface area contributed by atoms with Crippen LogP contribution in [-0.2, 0) is 0 Å². The molecule has 1 saturated carbocycles. The first-order valence-electron chi connectivity index (χ1n) is 9.30. The van der Waals surface area contributed by atoms with Crippen LogP contribution in [0.2, 0.25) is 5.31 Å². The van der Waals surface area contributed by atoms with E-state index in [1.54, 1.807) is 6.07 Å². The number of aliphatic hydroxyl groups excluding tert-OH is 1. The Morgan fingerprint density at radius 2 is 1.89 bits per heavy atom. The second-order valence-corrected chi connectivity index (χ2v) is 9.00. The molecule has 1 aromatic carbocycles. The molecule has 28 heavy (non-hydrogen) atoms. The van der Waals surface area contributed by atoms with E-state index >= 15 is 0 Å². The Hall–Kier alpha value is -1.63. The minimum Gasteiger partial charge on any atom is -0.506 e. The standard InChI is InChI=1S/C20H22B2N2O3S/c21-18-10-20(22,27-15-4-2-1-3-5-15)11-19(18,28)13-24(12-18)9-17(26)16-7-6-14(25)8-23-16/h1-8,17,25-26,28H,9-13H2/t17?,18-,19+,20-/m1/s1. The van der Waals surface area contributed by atoms with Gasteiger partial charge in [0.15, 0.2) is 0 Å². The second-order valence-electron chi connectivity index (χ2n) is 8.15. The molecule has 4 atom stereocenters. The number of fused-ring (bicyclic) bond motifs is 1. The van der Waals surface area contributed by atoms with Crippen LogP contribution >= 0.6 is 12.6 Å². The van der Waals surface area contributed by atoms with Gasteiger partial charge in [-0.2, -0.15) is 12.6 Å². The van der Waals surface area contributed by atoms with Gasteiger partial charge < -0.3 is 14.9 Å². The van der Waals surface area contributed by atoms with Crippen molar-refractivity contribution in [3.63, 3.8) is 0 Å². The second kappa shape index (κ2) is 7.01. The van der Waals surface area contributed by atoms with Crippen LogP contribution < -0.4 is 4.74 Å². The van der Waals surface area contributed by atoms with Crippen molar-refractivity contribution >= 4 is 28.3 Å². The molecule has 2 fully saturated rings. The number of hydrogen-bond donors (Lipinski definition) is 3. The lowest BCUT2D eigenvalue weighted by Gasteiger charge is -2.32. The fraction of sp³-hybridized carbons (Fsp3) is 0.450. The van der Waals surface area contributed by atoms with Gasteiger partial charge in [-0.1, -0.05) is 18.2 Å². The maximum Gasteiger partial charge on any atom is 0.133 e. The van der Waals surface area contributed by atoms with Gasteiger partial charge >= 0.3 is 0 Å². The van der Waals surface area contributed by atoms with Crippen molar-refractivity contribution in [1.82, 2.24) is 9.88 Å². The van der Waals surface area contributed by atoms with Crippen molar-refractivity contribution in [2.24, 2.45) is 0 Å². The normalized spacial score (nSPS) is 33.5. The Morgan fingerprint density at radius 1 is 1.14 bits per heavy atom. The number of aromatic hydroxyl groups is 1. The summed E-state index contributed by atoms with van der Waals surface area (Å²) in [6, 6.07) is 12.6. The quantitative estimate of drug-likeness (QED) is 0.536. The van der Waals surface area contributed by atoms with Gasteiger partial charge in [-0.25, -0.2) is 0 Å². The molecule has 2 aromatic rings. The average molecular weight is 392 g/mol. The highest BCUT2D eigenvalue weighted by molar-refractivity contribution is 7.82. The molecule has 2 N–H and O–H groups in total. The van der Waals surface area contributed by atoms with E-state index in [1.165, 1.54) is 12.3 Å². The van der Waals surface area contributed by atoms with Crippen LogP contribution in [0.1, 0.15) is 24.6 Å². The third-order valence-electron chi connectivity index (χ3n) is 5.73. The molecule has 1 aromatic heterocycles. The van der Waals surface area contributed by atoms with Crippen molar-refractivity contribution in [3.8, 4) is 11.5 Å². The zero-order valence-corrected chi connectivity index (χ0v) is 16.4. The monoisotopic (exact) mass is 392 g/mol. The minimum atomic E-state index is -0.874. The number of pyridine rings is 1. The van der Waals surface area contributed by atoms with Crippen LogP contribution in [0.25, 0.3) is 0 Å². The van der Waals surface area contributed by atoms with E-state index < -0.39 is 21.7 Å². The maximum atomic E-state index is 10.5. The number of hydrogen-bond acceptors (Lipinski definition) is 6. The molecule has 1 unspecified atom stereocenters. The summed E-state index contributed by atoms with van der Waals surface area (Å²) < 4.78 is 5.56. The van der Waals surface area contributed by atoms with Gasteiger partial charge in [0.05, 0.1) is 25.2 Å². The minimum absolute atomic E-state index is 0.0691. The van der Waals surface area contributed by atoms with Crippen molar-refractivity contribution in [1.29, 1.82) is 0 Å². The number of para-hydroxylation sites is 1. The largest absolute Gasteiger partial charge is 0.506 e. The molecule has 0 amide bonds. The average Bonchev–Trinajstić information content (AvgIpc) is 2.95. The van der Waals surface area contributed by atoms with Gasteiger partial charge in [0, 0.05) is 17.8 Å². The molecular formula is C20H22B2N2O3S. The summed E-state index contributed by atoms with van der Waals surface area (Å²) in [6.45, 7) is 1.54. The molecule has 4 rings (SSSR count). The summed E-state index contributed by atoms with van der Waals surface area (Å²) in [7, 11) is 13.3. The summed E-state index contributed by atoms with van der Waals surface area (Å²) in [4.78, 5) is 6.17. The summed E-state index contributed by atoms with van der Waals surface area (Å²) in [6.07, 6.45) is 1.54. The highest BCUT2D eigenvalue weighted by Gasteiger charge is 2.62. The highest BCUT2D eigenvalue weighted by atomic mass is 32.1.